The van der Waals surface area contributed by atoms with E-state index in [9.17, 15) is 9.59 Å². The van der Waals surface area contributed by atoms with E-state index in [1.165, 1.54) is 22.2 Å². The van der Waals surface area contributed by atoms with Crippen LogP contribution in [0, 0.1) is 13.8 Å². The fraction of sp³-hybridized carbons (Fsp3) is 0.208. The van der Waals surface area contributed by atoms with Gasteiger partial charge in [0.05, 0.1) is 11.7 Å². The zero-order valence-corrected chi connectivity index (χ0v) is 19.9. The number of nitrogens with zero attached hydrogens (tertiary/aromatic N) is 2. The van der Waals surface area contributed by atoms with Gasteiger partial charge in [0.1, 0.15) is 11.4 Å². The molecule has 158 valence electrons. The molecule has 0 spiro atoms. The fourth-order valence-corrected chi connectivity index (χ4v) is 5.11. The van der Waals surface area contributed by atoms with Gasteiger partial charge in [0.15, 0.2) is 0 Å². The highest BCUT2D eigenvalue weighted by Crippen LogP contribution is 2.36. The van der Waals surface area contributed by atoms with Crippen LogP contribution >= 0.6 is 27.3 Å². The first-order valence-corrected chi connectivity index (χ1v) is 11.6. The van der Waals surface area contributed by atoms with Crippen LogP contribution in [0.3, 0.4) is 0 Å². The van der Waals surface area contributed by atoms with Crippen molar-refractivity contribution in [2.75, 3.05) is 5.32 Å². The molecule has 1 N–H and O–H groups in total. The summed E-state index contributed by atoms with van der Waals surface area (Å²) in [7, 11) is 0. The quantitative estimate of drug-likeness (QED) is 0.385. The van der Waals surface area contributed by atoms with Crippen LogP contribution < -0.4 is 10.9 Å². The molecular formula is C24H22BrN3O2S. The van der Waals surface area contributed by atoms with Gasteiger partial charge < -0.3 is 5.32 Å². The Kier molecular flexibility index (Phi) is 6.07. The first kappa shape index (κ1) is 21.5. The van der Waals surface area contributed by atoms with Gasteiger partial charge in [-0.25, -0.2) is 4.98 Å². The second-order valence-electron chi connectivity index (χ2n) is 7.54. The molecule has 0 aliphatic rings. The normalized spacial score (nSPS) is 11.1. The molecule has 1 amide bonds. The zero-order valence-electron chi connectivity index (χ0n) is 17.5. The number of aryl methyl sites for hydroxylation is 3. The van der Waals surface area contributed by atoms with Crippen LogP contribution in [0.4, 0.5) is 5.69 Å². The minimum Gasteiger partial charge on any atom is -0.325 e. The largest absolute Gasteiger partial charge is 0.325 e. The number of rotatable bonds is 5. The molecule has 2 heterocycles. The smallest absolute Gasteiger partial charge is 0.263 e. The van der Waals surface area contributed by atoms with Gasteiger partial charge in [-0.15, -0.1) is 11.3 Å². The van der Waals surface area contributed by atoms with E-state index >= 15 is 0 Å². The van der Waals surface area contributed by atoms with E-state index in [2.05, 4.69) is 33.2 Å². The Morgan fingerprint density at radius 3 is 2.45 bits per heavy atom. The molecule has 0 aliphatic heterocycles. The average molecular weight is 496 g/mol. The molecule has 7 heteroatoms. The summed E-state index contributed by atoms with van der Waals surface area (Å²) in [6, 6.07) is 13.8. The van der Waals surface area contributed by atoms with Crippen molar-refractivity contribution in [3.8, 4) is 11.1 Å². The van der Waals surface area contributed by atoms with Gasteiger partial charge in [-0.1, -0.05) is 41.1 Å². The van der Waals surface area contributed by atoms with Crippen molar-refractivity contribution >= 4 is 49.1 Å². The molecule has 0 bridgehead atoms. The van der Waals surface area contributed by atoms with Gasteiger partial charge in [-0.3, -0.25) is 14.2 Å². The Labute approximate surface area is 192 Å². The van der Waals surface area contributed by atoms with Crippen LogP contribution in [0.15, 0.2) is 58.1 Å². The Balaban J connectivity index is 1.72. The Hall–Kier alpha value is -2.77. The number of benzene rings is 2. The third kappa shape index (κ3) is 4.48. The van der Waals surface area contributed by atoms with Crippen molar-refractivity contribution < 1.29 is 4.79 Å². The van der Waals surface area contributed by atoms with Gasteiger partial charge in [0.25, 0.3) is 5.56 Å². The van der Waals surface area contributed by atoms with Crippen LogP contribution in [0.5, 0.6) is 0 Å². The average Bonchev–Trinajstić information content (AvgIpc) is 3.09. The Morgan fingerprint density at radius 1 is 1.13 bits per heavy atom. The summed E-state index contributed by atoms with van der Waals surface area (Å²) in [6.07, 6.45) is 2.27. The zero-order chi connectivity index (χ0) is 22.1. The lowest BCUT2D eigenvalue weighted by molar-refractivity contribution is -0.116. The van der Waals surface area contributed by atoms with Crippen LogP contribution in [0.2, 0.25) is 0 Å². The molecular weight excluding hydrogens is 474 g/mol. The molecule has 0 saturated heterocycles. The number of anilines is 1. The predicted molar refractivity (Wildman–Crippen MR) is 131 cm³/mol. The van der Waals surface area contributed by atoms with Gasteiger partial charge in [0, 0.05) is 20.6 Å². The number of aromatic nitrogens is 2. The fourth-order valence-electron chi connectivity index (χ4n) is 3.76. The standard InChI is InChI=1S/C24H22BrN3O2S/c1-4-19-21(16-5-7-17(25)8-6-16)22-23(31-19)26-13-28(24(22)30)12-20(29)27-18-10-14(2)9-15(3)11-18/h5-11,13H,4,12H2,1-3H3,(H,27,29). The number of fused-ring (bicyclic) bond motifs is 1. The van der Waals surface area contributed by atoms with E-state index in [0.717, 1.165) is 43.7 Å². The molecule has 4 aromatic rings. The second-order valence-corrected chi connectivity index (χ2v) is 9.54. The Bertz CT molecular complexity index is 1320. The molecule has 31 heavy (non-hydrogen) atoms. The minimum absolute atomic E-state index is 0.0914. The van der Waals surface area contributed by atoms with Crippen LogP contribution in [-0.4, -0.2) is 15.5 Å². The topological polar surface area (TPSA) is 64.0 Å². The lowest BCUT2D eigenvalue weighted by Crippen LogP contribution is -2.27. The third-order valence-electron chi connectivity index (χ3n) is 5.03. The summed E-state index contributed by atoms with van der Waals surface area (Å²) in [5.74, 6) is -0.260. The van der Waals surface area contributed by atoms with Crippen LogP contribution in [0.1, 0.15) is 22.9 Å². The molecule has 2 aromatic carbocycles. The summed E-state index contributed by atoms with van der Waals surface area (Å²) in [4.78, 5) is 32.3. The van der Waals surface area contributed by atoms with E-state index in [-0.39, 0.29) is 18.0 Å². The highest BCUT2D eigenvalue weighted by Gasteiger charge is 2.19. The number of hydrogen-bond donors (Lipinski definition) is 1. The SMILES string of the molecule is CCc1sc2ncn(CC(=O)Nc3cc(C)cc(C)c3)c(=O)c2c1-c1ccc(Br)cc1. The molecule has 0 radical (unpaired) electrons. The Morgan fingerprint density at radius 2 is 1.81 bits per heavy atom. The van der Waals surface area contributed by atoms with E-state index in [0.29, 0.717) is 10.2 Å². The number of carbonyl (C=O) groups is 1. The second kappa shape index (κ2) is 8.77. The maximum absolute atomic E-state index is 13.4. The number of halogens is 1. The van der Waals surface area contributed by atoms with E-state index in [4.69, 9.17) is 0 Å². The highest BCUT2D eigenvalue weighted by molar-refractivity contribution is 9.10. The maximum Gasteiger partial charge on any atom is 0.263 e. The van der Waals surface area contributed by atoms with Gasteiger partial charge >= 0.3 is 0 Å². The molecule has 0 fully saturated rings. The van der Waals surface area contributed by atoms with E-state index < -0.39 is 0 Å². The summed E-state index contributed by atoms with van der Waals surface area (Å²) >= 11 is 5.00. The van der Waals surface area contributed by atoms with E-state index in [1.807, 2.05) is 56.3 Å². The first-order chi connectivity index (χ1) is 14.9. The van der Waals surface area contributed by atoms with Gasteiger partial charge in [0.2, 0.25) is 5.91 Å². The summed E-state index contributed by atoms with van der Waals surface area (Å²) in [5, 5.41) is 3.46. The lowest BCUT2D eigenvalue weighted by Gasteiger charge is -2.09. The maximum atomic E-state index is 13.4. The first-order valence-electron chi connectivity index (χ1n) is 10.0. The van der Waals surface area contributed by atoms with Crippen LogP contribution in [-0.2, 0) is 17.8 Å². The lowest BCUT2D eigenvalue weighted by atomic mass is 10.0. The highest BCUT2D eigenvalue weighted by atomic mass is 79.9. The van der Waals surface area contributed by atoms with Crippen molar-refractivity contribution in [3.05, 3.63) is 79.6 Å². The van der Waals surface area contributed by atoms with Gasteiger partial charge in [-0.2, -0.15) is 0 Å². The number of nitrogens with one attached hydrogen (secondary N) is 1. The molecule has 0 aliphatic carbocycles. The predicted octanol–water partition coefficient (Wildman–Crippen LogP) is 5.71. The van der Waals surface area contributed by atoms with E-state index in [1.54, 1.807) is 0 Å². The summed E-state index contributed by atoms with van der Waals surface area (Å²) < 4.78 is 2.36. The third-order valence-corrected chi connectivity index (χ3v) is 6.80. The number of amides is 1. The number of thiophene rings is 1. The van der Waals surface area contributed by atoms with Crippen molar-refractivity contribution in [1.29, 1.82) is 0 Å². The van der Waals surface area contributed by atoms with Gasteiger partial charge in [-0.05, 0) is 61.2 Å². The van der Waals surface area contributed by atoms with Crippen molar-refractivity contribution in [2.24, 2.45) is 0 Å². The monoisotopic (exact) mass is 495 g/mol. The summed E-state index contributed by atoms with van der Waals surface area (Å²) in [5.41, 5.74) is 4.55. The number of carbonyl (C=O) groups excluding carboxylic acids is 1. The molecule has 4 rings (SSSR count). The summed E-state index contributed by atoms with van der Waals surface area (Å²) in [6.45, 7) is 5.95. The number of hydrogen-bond acceptors (Lipinski definition) is 4. The molecule has 0 saturated carbocycles. The molecule has 2 aromatic heterocycles. The van der Waals surface area contributed by atoms with Crippen molar-refractivity contribution in [1.82, 2.24) is 9.55 Å². The van der Waals surface area contributed by atoms with Crippen molar-refractivity contribution in [2.45, 2.75) is 33.7 Å². The molecule has 0 atom stereocenters. The molecule has 5 nitrogen and oxygen atoms in total. The van der Waals surface area contributed by atoms with Crippen molar-refractivity contribution in [3.63, 3.8) is 0 Å². The minimum atomic E-state index is -0.260. The molecule has 0 unspecified atom stereocenters. The van der Waals surface area contributed by atoms with Crippen LogP contribution in [0.25, 0.3) is 21.3 Å².